The minimum atomic E-state index is -0.391. The number of aromatic nitrogens is 6. The summed E-state index contributed by atoms with van der Waals surface area (Å²) in [5.41, 5.74) is 6.62. The van der Waals surface area contributed by atoms with Crippen molar-refractivity contribution in [2.75, 3.05) is 0 Å². The number of carbonyl (C=O) groups excluding carboxylic acids is 1. The Kier molecular flexibility index (Phi) is 6.95. The summed E-state index contributed by atoms with van der Waals surface area (Å²) in [4.78, 5) is 17.8. The Morgan fingerprint density at radius 2 is 0.932 bits per heavy atom. The maximum Gasteiger partial charge on any atom is 0.329 e. The molecule has 0 unspecified atom stereocenters. The van der Waals surface area contributed by atoms with E-state index in [0.717, 1.165) is 22.3 Å². The van der Waals surface area contributed by atoms with Gasteiger partial charge in [-0.25, -0.2) is 4.79 Å². The Balaban J connectivity index is 1.35. The lowest BCUT2D eigenvalue weighted by Gasteiger charge is -2.31. The van der Waals surface area contributed by atoms with Gasteiger partial charge in [0.15, 0.2) is 11.5 Å². The third-order valence-corrected chi connectivity index (χ3v) is 7.76. The number of fused-ring (bicyclic) bond motifs is 2. The zero-order valence-corrected chi connectivity index (χ0v) is 23.6. The number of aliphatic hydroxyl groups is 2. The standard InChI is InChI=1S/C33H28N8O3/c42-31-29(17-21-7-3-1-4-8-21)40(19-23-11-13-25-27(15-23)36-38-34-25)33(44)41(20-24-12-14-26-28(16-24)37-39-35-26)30(32(31)43)18-22-9-5-2-6-10-22/h1-16,42-43H,17-20H2,(H,34,36,38)(H,35,37,39). The van der Waals surface area contributed by atoms with Gasteiger partial charge in [-0.1, -0.05) is 72.8 Å². The molecule has 0 saturated carbocycles. The Morgan fingerprint density at radius 1 is 0.523 bits per heavy atom. The van der Waals surface area contributed by atoms with Gasteiger partial charge in [0, 0.05) is 12.8 Å². The van der Waals surface area contributed by atoms with Crippen molar-refractivity contribution in [1.82, 2.24) is 40.6 Å². The van der Waals surface area contributed by atoms with E-state index < -0.39 is 6.03 Å². The topological polar surface area (TPSA) is 147 Å². The van der Waals surface area contributed by atoms with Gasteiger partial charge in [-0.3, -0.25) is 9.80 Å². The molecule has 44 heavy (non-hydrogen) atoms. The largest absolute Gasteiger partial charge is 0.503 e. The highest BCUT2D eigenvalue weighted by Gasteiger charge is 2.36. The summed E-state index contributed by atoms with van der Waals surface area (Å²) in [7, 11) is 0. The number of aliphatic hydroxyl groups excluding tert-OH is 2. The zero-order chi connectivity index (χ0) is 30.0. The molecular formula is C33H28N8O3. The fourth-order valence-corrected chi connectivity index (χ4v) is 5.50. The van der Waals surface area contributed by atoms with E-state index in [4.69, 9.17) is 0 Å². The van der Waals surface area contributed by atoms with Crippen LogP contribution in [0.5, 0.6) is 0 Å². The minimum Gasteiger partial charge on any atom is -0.503 e. The molecule has 1 aliphatic heterocycles. The lowest BCUT2D eigenvalue weighted by Crippen LogP contribution is -2.41. The number of hydrogen-bond acceptors (Lipinski definition) is 7. The molecule has 0 aliphatic carbocycles. The van der Waals surface area contributed by atoms with E-state index in [2.05, 4.69) is 30.8 Å². The Hall–Kier alpha value is -5.97. The monoisotopic (exact) mass is 584 g/mol. The van der Waals surface area contributed by atoms with E-state index in [-0.39, 0.29) is 37.4 Å². The molecule has 0 atom stereocenters. The van der Waals surface area contributed by atoms with Crippen molar-refractivity contribution in [3.05, 3.63) is 142 Å². The van der Waals surface area contributed by atoms with Crippen molar-refractivity contribution in [3.63, 3.8) is 0 Å². The summed E-state index contributed by atoms with van der Waals surface area (Å²) >= 11 is 0. The third-order valence-electron chi connectivity index (χ3n) is 7.76. The zero-order valence-electron chi connectivity index (χ0n) is 23.6. The second-order valence-corrected chi connectivity index (χ2v) is 10.7. The second-order valence-electron chi connectivity index (χ2n) is 10.7. The first-order valence-corrected chi connectivity index (χ1v) is 14.1. The van der Waals surface area contributed by atoms with E-state index in [9.17, 15) is 15.0 Å². The Morgan fingerprint density at radius 3 is 1.36 bits per heavy atom. The number of nitrogens with zero attached hydrogens (tertiary/aromatic N) is 6. The molecule has 7 rings (SSSR count). The van der Waals surface area contributed by atoms with Crippen LogP contribution in [0.3, 0.4) is 0 Å². The molecule has 6 aromatic rings. The molecule has 2 aromatic heterocycles. The van der Waals surface area contributed by atoms with Gasteiger partial charge in [0.05, 0.1) is 24.5 Å². The fraction of sp³-hybridized carbons (Fsp3) is 0.121. The van der Waals surface area contributed by atoms with Crippen LogP contribution in [0.2, 0.25) is 0 Å². The van der Waals surface area contributed by atoms with Gasteiger partial charge in [-0.05, 0) is 46.5 Å². The summed E-state index contributed by atoms with van der Waals surface area (Å²) < 4.78 is 0. The van der Waals surface area contributed by atoms with Gasteiger partial charge in [0.1, 0.15) is 22.1 Å². The molecule has 3 heterocycles. The van der Waals surface area contributed by atoms with Crippen LogP contribution in [0.25, 0.3) is 22.1 Å². The number of carbonyl (C=O) groups is 1. The number of allylic oxidation sites excluding steroid dienone is 2. The van der Waals surface area contributed by atoms with Crippen LogP contribution < -0.4 is 0 Å². The van der Waals surface area contributed by atoms with Gasteiger partial charge in [0.2, 0.25) is 0 Å². The van der Waals surface area contributed by atoms with E-state index in [0.29, 0.717) is 33.5 Å². The number of H-pyrrole nitrogens is 2. The van der Waals surface area contributed by atoms with Crippen LogP contribution in [0.1, 0.15) is 22.3 Å². The number of hydrogen-bond donors (Lipinski definition) is 4. The predicted octanol–water partition coefficient (Wildman–Crippen LogP) is 5.69. The summed E-state index contributed by atoms with van der Waals surface area (Å²) in [6.07, 6.45) is 0.429. The summed E-state index contributed by atoms with van der Waals surface area (Å²) in [5, 5.41) is 45.4. The van der Waals surface area contributed by atoms with Crippen molar-refractivity contribution in [1.29, 1.82) is 0 Å². The molecule has 4 aromatic carbocycles. The highest BCUT2D eigenvalue weighted by Crippen LogP contribution is 2.33. The maximum absolute atomic E-state index is 14.8. The smallest absolute Gasteiger partial charge is 0.329 e. The molecule has 1 aliphatic rings. The summed E-state index contributed by atoms with van der Waals surface area (Å²) in [6.45, 7) is 0.247. The van der Waals surface area contributed by atoms with E-state index in [1.807, 2.05) is 97.1 Å². The average molecular weight is 585 g/mol. The lowest BCUT2D eigenvalue weighted by atomic mass is 10.0. The van der Waals surface area contributed by atoms with Gasteiger partial charge < -0.3 is 10.2 Å². The number of benzene rings is 4. The first kappa shape index (κ1) is 26.9. The minimum absolute atomic E-state index is 0.124. The molecular weight excluding hydrogens is 556 g/mol. The van der Waals surface area contributed by atoms with Crippen LogP contribution in [0.4, 0.5) is 4.79 Å². The van der Waals surface area contributed by atoms with Gasteiger partial charge in [0.25, 0.3) is 0 Å². The number of nitrogens with one attached hydrogen (secondary N) is 2. The highest BCUT2D eigenvalue weighted by molar-refractivity contribution is 5.81. The van der Waals surface area contributed by atoms with E-state index >= 15 is 0 Å². The summed E-state index contributed by atoms with van der Waals surface area (Å²) in [6, 6.07) is 29.8. The van der Waals surface area contributed by atoms with Crippen LogP contribution in [-0.2, 0) is 25.9 Å². The molecule has 0 radical (unpaired) electrons. The average Bonchev–Trinajstić information content (AvgIpc) is 3.72. The van der Waals surface area contributed by atoms with Gasteiger partial charge in [-0.15, -0.1) is 0 Å². The number of urea groups is 1. The molecule has 0 spiro atoms. The highest BCUT2D eigenvalue weighted by atomic mass is 16.3. The van der Waals surface area contributed by atoms with Crippen molar-refractivity contribution >= 4 is 28.1 Å². The molecule has 0 fully saturated rings. The summed E-state index contributed by atoms with van der Waals surface area (Å²) in [5.74, 6) is -0.685. The normalized spacial score (nSPS) is 14.2. The van der Waals surface area contributed by atoms with Gasteiger partial charge in [-0.2, -0.15) is 30.8 Å². The molecule has 11 nitrogen and oxygen atoms in total. The van der Waals surface area contributed by atoms with Crippen LogP contribution >= 0.6 is 0 Å². The second kappa shape index (κ2) is 11.4. The van der Waals surface area contributed by atoms with E-state index in [1.54, 1.807) is 0 Å². The van der Waals surface area contributed by atoms with Crippen LogP contribution in [0.15, 0.2) is 120 Å². The molecule has 0 bridgehead atoms. The number of amides is 2. The Bertz CT molecular complexity index is 1890. The van der Waals surface area contributed by atoms with Crippen LogP contribution in [0, 0.1) is 0 Å². The maximum atomic E-state index is 14.8. The number of aromatic amines is 2. The van der Waals surface area contributed by atoms with Crippen LogP contribution in [-0.4, -0.2) is 56.9 Å². The first-order valence-electron chi connectivity index (χ1n) is 14.1. The first-order chi connectivity index (χ1) is 21.5. The molecule has 11 heteroatoms. The molecule has 218 valence electrons. The van der Waals surface area contributed by atoms with Crippen molar-refractivity contribution in [2.24, 2.45) is 0 Å². The quantitative estimate of drug-likeness (QED) is 0.180. The molecule has 2 amide bonds. The fourth-order valence-electron chi connectivity index (χ4n) is 5.50. The van der Waals surface area contributed by atoms with Crippen molar-refractivity contribution in [2.45, 2.75) is 25.9 Å². The predicted molar refractivity (Wildman–Crippen MR) is 164 cm³/mol. The Labute approximate surface area is 251 Å². The molecule has 0 saturated heterocycles. The van der Waals surface area contributed by atoms with Crippen molar-refractivity contribution in [3.8, 4) is 0 Å². The number of rotatable bonds is 8. The third kappa shape index (κ3) is 5.22. The van der Waals surface area contributed by atoms with Gasteiger partial charge >= 0.3 is 6.03 Å². The lowest BCUT2D eigenvalue weighted by molar-refractivity contribution is 0.171. The SMILES string of the molecule is O=C1N(Cc2ccc3n[nH]nc3c2)C(Cc2ccccc2)=C(O)C(O)=C(Cc2ccccc2)N1Cc1ccc2n[nH]nc2c1. The molecule has 4 N–H and O–H groups in total. The van der Waals surface area contributed by atoms with E-state index in [1.165, 1.54) is 9.80 Å². The van der Waals surface area contributed by atoms with Crippen molar-refractivity contribution < 1.29 is 15.0 Å².